The van der Waals surface area contributed by atoms with E-state index in [-0.39, 0.29) is 29.3 Å². The average molecular weight is 406 g/mol. The zero-order chi connectivity index (χ0) is 21.4. The lowest BCUT2D eigenvalue weighted by molar-refractivity contribution is -0.132. The number of hydrogen-bond donors (Lipinski definition) is 0. The van der Waals surface area contributed by atoms with E-state index >= 15 is 0 Å². The molecule has 154 valence electrons. The third-order valence-corrected chi connectivity index (χ3v) is 6.43. The van der Waals surface area contributed by atoms with E-state index in [1.807, 2.05) is 6.08 Å². The maximum absolute atomic E-state index is 13.0. The zero-order valence-corrected chi connectivity index (χ0v) is 17.4. The molecule has 3 aliphatic carbocycles. The molecule has 0 aliphatic heterocycles. The molecule has 0 spiro atoms. The van der Waals surface area contributed by atoms with Gasteiger partial charge >= 0.3 is 5.97 Å². The molecule has 0 N–H and O–H groups in total. The average Bonchev–Trinajstić information content (AvgIpc) is 3.22. The van der Waals surface area contributed by atoms with E-state index in [0.717, 1.165) is 33.2 Å². The van der Waals surface area contributed by atoms with Gasteiger partial charge in [0.05, 0.1) is 18.9 Å². The Morgan fingerprint density at radius 2 is 1.97 bits per heavy atom. The highest BCUT2D eigenvalue weighted by atomic mass is 16.6. The fraction of sp³-hybridized carbons (Fsp3) is 0.375. The molecule has 5 rings (SSSR count). The molecule has 0 bridgehead atoms. The van der Waals surface area contributed by atoms with Crippen molar-refractivity contribution in [3.05, 3.63) is 40.2 Å². The van der Waals surface area contributed by atoms with E-state index in [1.165, 1.54) is 14.0 Å². The fourth-order valence-corrected chi connectivity index (χ4v) is 5.34. The molecule has 1 aromatic heterocycles. The molecular weight excluding hydrogens is 384 g/mol. The predicted octanol–water partition coefficient (Wildman–Crippen LogP) is 4.51. The van der Waals surface area contributed by atoms with E-state index < -0.39 is 5.97 Å². The Kier molecular flexibility index (Phi) is 3.88. The Morgan fingerprint density at radius 3 is 2.67 bits per heavy atom. The molecule has 1 aromatic carbocycles. The lowest BCUT2D eigenvalue weighted by atomic mass is 9.62. The van der Waals surface area contributed by atoms with Crippen LogP contribution in [-0.2, 0) is 14.4 Å². The Hall–Kier alpha value is -3.15. The van der Waals surface area contributed by atoms with E-state index in [0.29, 0.717) is 29.9 Å². The summed E-state index contributed by atoms with van der Waals surface area (Å²) in [5, 5.41) is 1.51. The van der Waals surface area contributed by atoms with Crippen LogP contribution in [0, 0.1) is 5.41 Å². The van der Waals surface area contributed by atoms with Gasteiger partial charge in [-0.25, -0.2) is 0 Å². The number of ketones is 2. The summed E-state index contributed by atoms with van der Waals surface area (Å²) in [6.07, 6.45) is 4.61. The number of Topliss-reactive ketones (excluding diaryl/α,β-unsaturated/α-hetero) is 2. The van der Waals surface area contributed by atoms with Crippen LogP contribution in [0.2, 0.25) is 0 Å². The third kappa shape index (κ3) is 2.52. The number of benzene rings is 1. The minimum absolute atomic E-state index is 0.0241. The van der Waals surface area contributed by atoms with Gasteiger partial charge in [-0.2, -0.15) is 0 Å². The van der Waals surface area contributed by atoms with Gasteiger partial charge in [-0.3, -0.25) is 14.4 Å². The van der Waals surface area contributed by atoms with Crippen molar-refractivity contribution in [2.45, 2.75) is 46.0 Å². The van der Waals surface area contributed by atoms with Gasteiger partial charge in [0.1, 0.15) is 17.8 Å². The monoisotopic (exact) mass is 406 g/mol. The molecule has 1 atom stereocenters. The van der Waals surface area contributed by atoms with Crippen LogP contribution in [-0.4, -0.2) is 24.6 Å². The molecule has 0 saturated heterocycles. The van der Waals surface area contributed by atoms with Crippen LogP contribution in [0.1, 0.15) is 57.1 Å². The number of fused-ring (bicyclic) bond motifs is 6. The summed E-state index contributed by atoms with van der Waals surface area (Å²) in [5.41, 5.74) is 4.17. The van der Waals surface area contributed by atoms with Crippen molar-refractivity contribution in [2.75, 3.05) is 7.11 Å². The molecule has 0 saturated carbocycles. The molecule has 0 radical (unpaired) electrons. The number of hydrogen-bond acceptors (Lipinski definition) is 6. The first-order chi connectivity index (χ1) is 14.2. The number of esters is 1. The van der Waals surface area contributed by atoms with E-state index in [2.05, 4.69) is 13.8 Å². The SMILES string of the molecule is COc1occ2c3c(c(OC(C)=O)cc12)C=C1C3C2=C(CC(=O)CC2=O)CC1(C)C. The summed E-state index contributed by atoms with van der Waals surface area (Å²) < 4.78 is 16.5. The topological polar surface area (TPSA) is 82.8 Å². The van der Waals surface area contributed by atoms with E-state index in [4.69, 9.17) is 13.9 Å². The van der Waals surface area contributed by atoms with Gasteiger partial charge < -0.3 is 13.9 Å². The van der Waals surface area contributed by atoms with E-state index in [1.54, 1.807) is 12.3 Å². The highest BCUT2D eigenvalue weighted by molar-refractivity contribution is 6.14. The van der Waals surface area contributed by atoms with Crippen LogP contribution in [0.4, 0.5) is 0 Å². The number of ether oxygens (including phenoxy) is 2. The molecule has 0 amide bonds. The number of carbonyl (C=O) groups is 3. The number of allylic oxidation sites excluding steroid dienone is 3. The highest BCUT2D eigenvalue weighted by Crippen LogP contribution is 2.60. The van der Waals surface area contributed by atoms with Crippen molar-refractivity contribution in [1.82, 2.24) is 0 Å². The summed E-state index contributed by atoms with van der Waals surface area (Å²) in [6, 6.07) is 1.75. The van der Waals surface area contributed by atoms with E-state index in [9.17, 15) is 14.4 Å². The van der Waals surface area contributed by atoms with Crippen molar-refractivity contribution < 1.29 is 28.3 Å². The molecule has 3 aliphatic rings. The second-order valence-electron chi connectivity index (χ2n) is 8.91. The number of furan rings is 1. The molecule has 6 heteroatoms. The van der Waals surface area contributed by atoms with Crippen molar-refractivity contribution in [1.29, 1.82) is 0 Å². The van der Waals surface area contributed by atoms with Gasteiger partial charge in [-0.05, 0) is 23.5 Å². The summed E-state index contributed by atoms with van der Waals surface area (Å²) in [5.74, 6) is -0.0931. The lowest BCUT2D eigenvalue weighted by Gasteiger charge is -2.41. The number of methoxy groups -OCH3 is 1. The minimum atomic E-state index is -0.425. The predicted molar refractivity (Wildman–Crippen MR) is 109 cm³/mol. The van der Waals surface area contributed by atoms with Crippen LogP contribution < -0.4 is 9.47 Å². The summed E-state index contributed by atoms with van der Waals surface area (Å²) in [6.45, 7) is 5.62. The van der Waals surface area contributed by atoms with Gasteiger partial charge in [-0.15, -0.1) is 0 Å². The standard InChI is InChI=1S/C24H22O6/c1-11(25)30-19-8-14-16(10-29-23(14)28-4)21-15(19)7-17-22(21)20-12(9-24(17,2)3)5-13(26)6-18(20)27/h7-8,10,22H,5-6,9H2,1-4H3. The molecule has 2 aromatic rings. The summed E-state index contributed by atoms with van der Waals surface area (Å²) in [7, 11) is 1.52. The van der Waals surface area contributed by atoms with Crippen LogP contribution in [0.15, 0.2) is 33.5 Å². The van der Waals surface area contributed by atoms with Gasteiger partial charge in [0.25, 0.3) is 5.95 Å². The Balaban J connectivity index is 1.85. The molecule has 0 fully saturated rings. The zero-order valence-electron chi connectivity index (χ0n) is 17.4. The molecule has 1 heterocycles. The Morgan fingerprint density at radius 1 is 1.20 bits per heavy atom. The van der Waals surface area contributed by atoms with Gasteiger partial charge in [0.2, 0.25) is 0 Å². The van der Waals surface area contributed by atoms with Gasteiger partial charge in [-0.1, -0.05) is 31.1 Å². The first kappa shape index (κ1) is 18.9. The van der Waals surface area contributed by atoms with Crippen LogP contribution >= 0.6 is 0 Å². The van der Waals surface area contributed by atoms with Gasteiger partial charge in [0.15, 0.2) is 5.78 Å². The fourth-order valence-electron chi connectivity index (χ4n) is 5.34. The molecular formula is C24H22O6. The summed E-state index contributed by atoms with van der Waals surface area (Å²) in [4.78, 5) is 37.0. The molecule has 6 nitrogen and oxygen atoms in total. The quantitative estimate of drug-likeness (QED) is 0.415. The highest BCUT2D eigenvalue weighted by Gasteiger charge is 2.48. The van der Waals surface area contributed by atoms with Crippen LogP contribution in [0.25, 0.3) is 16.8 Å². The van der Waals surface area contributed by atoms with Crippen molar-refractivity contribution >= 4 is 34.4 Å². The summed E-state index contributed by atoms with van der Waals surface area (Å²) >= 11 is 0. The lowest BCUT2D eigenvalue weighted by Crippen LogP contribution is -2.33. The normalized spacial score (nSPS) is 21.9. The van der Waals surface area contributed by atoms with Crippen LogP contribution in [0.3, 0.4) is 0 Å². The van der Waals surface area contributed by atoms with Crippen molar-refractivity contribution in [2.24, 2.45) is 5.41 Å². The molecule has 30 heavy (non-hydrogen) atoms. The maximum atomic E-state index is 13.0. The van der Waals surface area contributed by atoms with Gasteiger partial charge in [0, 0.05) is 35.8 Å². The first-order valence-electron chi connectivity index (χ1n) is 10.0. The number of carbonyl (C=O) groups excluding carboxylic acids is 3. The largest absolute Gasteiger partial charge is 0.468 e. The second-order valence-corrected chi connectivity index (χ2v) is 8.91. The first-order valence-corrected chi connectivity index (χ1v) is 10.0. The third-order valence-electron chi connectivity index (χ3n) is 6.43. The minimum Gasteiger partial charge on any atom is -0.468 e. The van der Waals surface area contributed by atoms with Crippen LogP contribution in [0.5, 0.6) is 11.7 Å². The smallest absolute Gasteiger partial charge is 0.308 e. The second kappa shape index (κ2) is 6.17. The Labute approximate surface area is 173 Å². The van der Waals surface area contributed by atoms with Crippen molar-refractivity contribution in [3.8, 4) is 11.7 Å². The maximum Gasteiger partial charge on any atom is 0.308 e. The molecule has 1 unspecified atom stereocenters. The number of rotatable bonds is 2. The van der Waals surface area contributed by atoms with Crippen molar-refractivity contribution in [3.63, 3.8) is 0 Å². The Bertz CT molecular complexity index is 1220.